The summed E-state index contributed by atoms with van der Waals surface area (Å²) in [5, 5.41) is 2.89. The summed E-state index contributed by atoms with van der Waals surface area (Å²) in [7, 11) is 0. The summed E-state index contributed by atoms with van der Waals surface area (Å²) in [5.41, 5.74) is 6.58. The van der Waals surface area contributed by atoms with Crippen LogP contribution >= 0.6 is 0 Å². The van der Waals surface area contributed by atoms with Crippen molar-refractivity contribution in [3.8, 4) is 5.82 Å². The van der Waals surface area contributed by atoms with E-state index in [4.69, 9.17) is 5.73 Å². The maximum atomic E-state index is 11.7. The number of pyridine rings is 1. The second-order valence-corrected chi connectivity index (χ2v) is 4.75. The molecule has 2 heterocycles. The second-order valence-electron chi connectivity index (χ2n) is 4.75. The molecule has 106 valence electrons. The van der Waals surface area contributed by atoms with Crippen LogP contribution in [0.15, 0.2) is 37.1 Å². The van der Waals surface area contributed by atoms with E-state index in [2.05, 4.69) is 15.3 Å². The Balaban J connectivity index is 1.98. The first kappa shape index (κ1) is 14.2. The Labute approximate surface area is 118 Å². The van der Waals surface area contributed by atoms with Crippen LogP contribution < -0.4 is 11.1 Å². The Morgan fingerprint density at radius 1 is 1.50 bits per heavy atom. The topological polar surface area (TPSA) is 85.8 Å². The molecule has 0 aromatic carbocycles. The van der Waals surface area contributed by atoms with Crippen LogP contribution in [-0.2, 0) is 11.3 Å². The predicted octanol–water partition coefficient (Wildman–Crippen LogP) is 1.01. The highest BCUT2D eigenvalue weighted by atomic mass is 16.1. The molecule has 0 aliphatic heterocycles. The Morgan fingerprint density at radius 2 is 2.35 bits per heavy atom. The minimum Gasteiger partial charge on any atom is -0.352 e. The summed E-state index contributed by atoms with van der Waals surface area (Å²) >= 11 is 0. The lowest BCUT2D eigenvalue weighted by Gasteiger charge is -2.10. The van der Waals surface area contributed by atoms with Crippen LogP contribution in [0.4, 0.5) is 0 Å². The maximum Gasteiger partial charge on any atom is 0.220 e. The number of imidazole rings is 1. The summed E-state index contributed by atoms with van der Waals surface area (Å²) in [6.07, 6.45) is 8.05. The smallest absolute Gasteiger partial charge is 0.220 e. The van der Waals surface area contributed by atoms with E-state index in [1.165, 1.54) is 0 Å². The molecule has 6 nitrogen and oxygen atoms in total. The van der Waals surface area contributed by atoms with Crippen molar-refractivity contribution in [2.45, 2.75) is 32.4 Å². The molecule has 0 fully saturated rings. The first-order valence-corrected chi connectivity index (χ1v) is 6.61. The van der Waals surface area contributed by atoms with Crippen LogP contribution in [0.3, 0.4) is 0 Å². The van der Waals surface area contributed by atoms with Crippen LogP contribution in [0.5, 0.6) is 0 Å². The number of hydrogen-bond acceptors (Lipinski definition) is 4. The number of carbonyl (C=O) groups is 1. The van der Waals surface area contributed by atoms with Crippen molar-refractivity contribution in [2.24, 2.45) is 5.73 Å². The highest BCUT2D eigenvalue weighted by Gasteiger charge is 2.08. The maximum absolute atomic E-state index is 11.7. The van der Waals surface area contributed by atoms with E-state index in [-0.39, 0.29) is 11.9 Å². The summed E-state index contributed by atoms with van der Waals surface area (Å²) in [4.78, 5) is 20.0. The van der Waals surface area contributed by atoms with E-state index in [0.29, 0.717) is 19.4 Å². The highest BCUT2D eigenvalue weighted by molar-refractivity contribution is 5.75. The molecule has 20 heavy (non-hydrogen) atoms. The molecule has 0 spiro atoms. The lowest BCUT2D eigenvalue weighted by Crippen LogP contribution is -2.26. The van der Waals surface area contributed by atoms with Crippen molar-refractivity contribution in [1.82, 2.24) is 19.9 Å². The van der Waals surface area contributed by atoms with E-state index in [0.717, 1.165) is 11.4 Å². The van der Waals surface area contributed by atoms with Gasteiger partial charge in [0.25, 0.3) is 0 Å². The SMILES string of the molecule is CC(N)CCC(=O)NCc1cccnc1-n1ccnc1. The average Bonchev–Trinajstić information content (AvgIpc) is 2.97. The molecule has 0 bridgehead atoms. The quantitative estimate of drug-likeness (QED) is 0.822. The molecule has 0 saturated heterocycles. The molecule has 2 rings (SSSR count). The number of carbonyl (C=O) groups excluding carboxylic acids is 1. The number of nitrogens with one attached hydrogen (secondary N) is 1. The molecule has 2 aromatic rings. The Hall–Kier alpha value is -2.21. The average molecular weight is 273 g/mol. The van der Waals surface area contributed by atoms with Gasteiger partial charge in [-0.25, -0.2) is 9.97 Å². The van der Waals surface area contributed by atoms with Gasteiger partial charge in [0.2, 0.25) is 5.91 Å². The van der Waals surface area contributed by atoms with Gasteiger partial charge >= 0.3 is 0 Å². The summed E-state index contributed by atoms with van der Waals surface area (Å²) in [6, 6.07) is 3.83. The molecular formula is C14H19N5O. The largest absolute Gasteiger partial charge is 0.352 e. The fourth-order valence-corrected chi connectivity index (χ4v) is 1.83. The number of hydrogen-bond donors (Lipinski definition) is 2. The molecule has 1 amide bonds. The third kappa shape index (κ3) is 3.89. The standard InChI is InChI=1S/C14H19N5O/c1-11(15)4-5-13(20)18-9-12-3-2-6-17-14(12)19-8-7-16-10-19/h2-3,6-8,10-11H,4-5,9,15H2,1H3,(H,18,20). The lowest BCUT2D eigenvalue weighted by molar-refractivity contribution is -0.121. The van der Waals surface area contributed by atoms with Crippen molar-refractivity contribution in [1.29, 1.82) is 0 Å². The third-order valence-corrected chi connectivity index (χ3v) is 2.92. The molecule has 2 aromatic heterocycles. The number of rotatable bonds is 6. The zero-order valence-electron chi connectivity index (χ0n) is 11.5. The molecule has 0 radical (unpaired) electrons. The number of nitrogens with zero attached hydrogens (tertiary/aromatic N) is 3. The van der Waals surface area contributed by atoms with Crippen molar-refractivity contribution in [3.63, 3.8) is 0 Å². The zero-order valence-corrected chi connectivity index (χ0v) is 11.5. The molecule has 1 unspecified atom stereocenters. The molecule has 0 aliphatic carbocycles. The van der Waals surface area contributed by atoms with Crippen LogP contribution in [0.2, 0.25) is 0 Å². The van der Waals surface area contributed by atoms with Crippen LogP contribution in [0.1, 0.15) is 25.3 Å². The van der Waals surface area contributed by atoms with Gasteiger partial charge in [0.15, 0.2) is 0 Å². The molecule has 0 aliphatic rings. The third-order valence-electron chi connectivity index (χ3n) is 2.92. The van der Waals surface area contributed by atoms with Gasteiger partial charge in [-0.3, -0.25) is 9.36 Å². The second kappa shape index (κ2) is 6.81. The number of nitrogens with two attached hydrogens (primary N) is 1. The van der Waals surface area contributed by atoms with Crippen molar-refractivity contribution < 1.29 is 4.79 Å². The van der Waals surface area contributed by atoms with Crippen molar-refractivity contribution >= 4 is 5.91 Å². The van der Waals surface area contributed by atoms with E-state index in [1.807, 2.05) is 29.8 Å². The fraction of sp³-hybridized carbons (Fsp3) is 0.357. The monoisotopic (exact) mass is 273 g/mol. The fourth-order valence-electron chi connectivity index (χ4n) is 1.83. The van der Waals surface area contributed by atoms with Crippen molar-refractivity contribution in [2.75, 3.05) is 0 Å². The van der Waals surface area contributed by atoms with Crippen LogP contribution in [0, 0.1) is 0 Å². The molecule has 3 N–H and O–H groups in total. The Kier molecular flexibility index (Phi) is 4.84. The normalized spacial score (nSPS) is 12.1. The van der Waals surface area contributed by atoms with E-state index < -0.39 is 0 Å². The van der Waals surface area contributed by atoms with E-state index in [9.17, 15) is 4.79 Å². The van der Waals surface area contributed by atoms with Gasteiger partial charge in [-0.15, -0.1) is 0 Å². The van der Waals surface area contributed by atoms with Gasteiger partial charge in [-0.05, 0) is 19.4 Å². The van der Waals surface area contributed by atoms with Crippen molar-refractivity contribution in [3.05, 3.63) is 42.6 Å². The molecule has 1 atom stereocenters. The lowest BCUT2D eigenvalue weighted by atomic mass is 10.2. The van der Waals surface area contributed by atoms with Gasteiger partial charge in [0.1, 0.15) is 12.1 Å². The Bertz CT molecular complexity index is 550. The summed E-state index contributed by atoms with van der Waals surface area (Å²) in [5.74, 6) is 0.778. The van der Waals surface area contributed by atoms with Gasteiger partial charge in [0.05, 0.1) is 0 Å². The molecular weight excluding hydrogens is 254 g/mol. The van der Waals surface area contributed by atoms with Gasteiger partial charge in [-0.2, -0.15) is 0 Å². The first-order chi connectivity index (χ1) is 9.66. The van der Waals surface area contributed by atoms with Gasteiger partial charge in [0, 0.05) is 43.2 Å². The van der Waals surface area contributed by atoms with Gasteiger partial charge in [-0.1, -0.05) is 6.07 Å². The molecule has 0 saturated carbocycles. The van der Waals surface area contributed by atoms with Crippen LogP contribution in [-0.4, -0.2) is 26.5 Å². The summed E-state index contributed by atoms with van der Waals surface area (Å²) in [6.45, 7) is 2.34. The minimum absolute atomic E-state index is 0.00253. The van der Waals surface area contributed by atoms with E-state index >= 15 is 0 Å². The minimum atomic E-state index is 0.00253. The first-order valence-electron chi connectivity index (χ1n) is 6.61. The highest BCUT2D eigenvalue weighted by Crippen LogP contribution is 2.10. The number of aromatic nitrogens is 3. The van der Waals surface area contributed by atoms with Crippen LogP contribution in [0.25, 0.3) is 5.82 Å². The molecule has 6 heteroatoms. The zero-order chi connectivity index (χ0) is 14.4. The summed E-state index contributed by atoms with van der Waals surface area (Å²) < 4.78 is 1.82. The van der Waals surface area contributed by atoms with E-state index in [1.54, 1.807) is 18.7 Å². The number of amides is 1. The Morgan fingerprint density at radius 3 is 3.05 bits per heavy atom. The predicted molar refractivity (Wildman–Crippen MR) is 76.1 cm³/mol. The van der Waals surface area contributed by atoms with Gasteiger partial charge < -0.3 is 11.1 Å².